The lowest BCUT2D eigenvalue weighted by molar-refractivity contribution is -0.133. The van der Waals surface area contributed by atoms with Crippen LogP contribution in [0.1, 0.15) is 225 Å². The fourth-order valence-corrected chi connectivity index (χ4v) is 19.8. The van der Waals surface area contributed by atoms with Crippen molar-refractivity contribution < 1.29 is 67.4 Å². The third kappa shape index (κ3) is 17.9. The number of nitrogens with two attached hydrogens (primary N) is 1. The van der Waals surface area contributed by atoms with Gasteiger partial charge in [-0.3, -0.25) is 62.3 Å². The summed E-state index contributed by atoms with van der Waals surface area (Å²) in [6.45, 7) is 0.918. The molecule has 0 aromatic carbocycles. The quantitative estimate of drug-likeness (QED) is 0.0584. The first kappa shape index (κ1) is 73.3. The van der Waals surface area contributed by atoms with Crippen LogP contribution >= 0.6 is 0 Å². The summed E-state index contributed by atoms with van der Waals surface area (Å²) in [4.78, 5) is 176. The Morgan fingerprint density at radius 2 is 0.455 bits per heavy atom. The fourth-order valence-electron chi connectivity index (χ4n) is 19.8. The predicted molar refractivity (Wildman–Crippen MR) is 360 cm³/mol. The Morgan fingerprint density at radius 3 is 0.657 bits per heavy atom. The van der Waals surface area contributed by atoms with E-state index < -0.39 is 132 Å². The van der Waals surface area contributed by atoms with Crippen molar-refractivity contribution in [2.75, 3.05) is 6.61 Å². The number of primary amides is 1. The molecule has 548 valence electrons. The molecule has 27 heteroatoms. The van der Waals surface area contributed by atoms with E-state index >= 15 is 0 Å². The number of rotatable bonds is 26. The molecule has 0 bridgehead atoms. The summed E-state index contributed by atoms with van der Waals surface area (Å²) in [6.07, 6.45) is 21.3. The molecule has 23 atom stereocenters. The minimum absolute atomic E-state index is 0.142. The predicted octanol–water partition coefficient (Wildman–Crippen LogP) is 1.49. The van der Waals surface area contributed by atoms with Crippen molar-refractivity contribution in [2.45, 2.75) is 298 Å². The molecule has 0 radical (unpaired) electrons. The van der Waals surface area contributed by atoms with Crippen molar-refractivity contribution >= 4 is 76.8 Å². The molecule has 99 heavy (non-hydrogen) atoms. The lowest BCUT2D eigenvalue weighted by Crippen LogP contribution is -2.54. The largest absolute Gasteiger partial charge is 0.394 e. The van der Waals surface area contributed by atoms with Crippen LogP contribution in [-0.4, -0.2) is 161 Å². The van der Waals surface area contributed by atoms with Crippen LogP contribution in [0.5, 0.6) is 0 Å². The topological polar surface area (TPSA) is 413 Å². The first-order valence-corrected chi connectivity index (χ1v) is 38.2. The maximum absolute atomic E-state index is 14.1. The molecule has 11 aliphatic rings. The molecular weight excluding hydrogens is 1270 g/mol. The standard InChI is InChI=1S/C72H111N13O14/c1-37(87)74-51-25-3-14-40(51)64(91)79-55-29-7-18-44(55)68(95)83-59-33-11-22-48(59)71(98)82-57-31-9-20-46(57)67(94)78-53-27-5-16-42(53)63(90)75-38(36-86)35-61(88)76-52-26-4-15-41(52)65(92)80-56-30-8-19-45(56)69(96)84-60-34-12-23-49(60)72(99)85-58-32-10-21-47(58)70(97)81-54-28-6-17-43(54)66(93)77-50-24-2-13-39(50)62(73)89/h38-60,86H,2-36H2,1H3,(H2,73,89)(H,74,87)(H,75,90)(H,76,88)(H,77,93)(H,78,94)(H,79,91)(H,80,92)(H,81,97)(H,82,98)(H,83,95)(H,84,96)(H,85,99)/t38-,39+,40+,41+,42+,43+,44+,45+,46+,47+,48+,49+,50+,51+,52+,53+,54+,55+,56+,57+,58+,59+,60+/m1/s1. The summed E-state index contributed by atoms with van der Waals surface area (Å²) in [6, 6.07) is -5.26. The number of aliphatic hydroxyl groups excluding tert-OH is 1. The molecule has 0 saturated heterocycles. The lowest BCUT2D eigenvalue weighted by Gasteiger charge is -2.29. The summed E-state index contributed by atoms with van der Waals surface area (Å²) in [5, 5.41) is 47.5. The molecule has 0 spiro atoms. The summed E-state index contributed by atoms with van der Waals surface area (Å²) < 4.78 is 0. The Hall–Kier alpha value is -6.93. The Balaban J connectivity index is 0.593. The van der Waals surface area contributed by atoms with Gasteiger partial charge in [-0.25, -0.2) is 0 Å². The molecular formula is C72H111N13O14. The maximum Gasteiger partial charge on any atom is 0.225 e. The fraction of sp³-hybridized carbons (Fsp3) is 0.819. The minimum atomic E-state index is -0.941. The van der Waals surface area contributed by atoms with Crippen LogP contribution in [0.15, 0.2) is 0 Å². The van der Waals surface area contributed by atoms with Crippen LogP contribution in [0.25, 0.3) is 0 Å². The van der Waals surface area contributed by atoms with E-state index in [1.165, 1.54) is 6.92 Å². The second-order valence-corrected chi connectivity index (χ2v) is 31.4. The van der Waals surface area contributed by atoms with Gasteiger partial charge < -0.3 is 74.6 Å². The van der Waals surface area contributed by atoms with E-state index in [0.29, 0.717) is 161 Å². The van der Waals surface area contributed by atoms with Crippen molar-refractivity contribution in [1.82, 2.24) is 63.8 Å². The first-order chi connectivity index (χ1) is 47.7. The molecule has 11 aliphatic carbocycles. The van der Waals surface area contributed by atoms with E-state index in [1.807, 2.05) is 0 Å². The third-order valence-corrected chi connectivity index (χ3v) is 25.1. The number of hydrogen-bond acceptors (Lipinski definition) is 14. The first-order valence-electron chi connectivity index (χ1n) is 38.2. The molecule has 11 fully saturated rings. The Kier molecular flexibility index (Phi) is 24.9. The number of aliphatic hydroxyl groups is 1. The monoisotopic (exact) mass is 1380 g/mol. The normalized spacial score (nSPS) is 36.5. The van der Waals surface area contributed by atoms with Gasteiger partial charge in [-0.1, -0.05) is 70.6 Å². The van der Waals surface area contributed by atoms with Gasteiger partial charge in [0.2, 0.25) is 76.8 Å². The summed E-state index contributed by atoms with van der Waals surface area (Å²) in [5.74, 6) is -8.55. The summed E-state index contributed by atoms with van der Waals surface area (Å²) >= 11 is 0. The molecule has 13 amide bonds. The van der Waals surface area contributed by atoms with Gasteiger partial charge in [-0.05, 0) is 141 Å². The third-order valence-electron chi connectivity index (χ3n) is 25.1. The van der Waals surface area contributed by atoms with E-state index in [9.17, 15) is 67.4 Å². The highest BCUT2D eigenvalue weighted by molar-refractivity contribution is 5.90. The number of carbonyl (C=O) groups is 13. The molecule has 0 unspecified atom stereocenters. The highest BCUT2D eigenvalue weighted by Gasteiger charge is 2.48. The van der Waals surface area contributed by atoms with E-state index in [2.05, 4.69) is 63.8 Å². The molecule has 0 aromatic heterocycles. The highest BCUT2D eigenvalue weighted by atomic mass is 16.3. The van der Waals surface area contributed by atoms with Crippen molar-refractivity contribution in [2.24, 2.45) is 70.8 Å². The number of carbonyl (C=O) groups excluding carboxylic acids is 13. The number of amides is 13. The Labute approximate surface area is 580 Å². The van der Waals surface area contributed by atoms with Gasteiger partial charge in [0, 0.05) is 79.8 Å². The Morgan fingerprint density at radius 1 is 0.273 bits per heavy atom. The van der Waals surface area contributed by atoms with Gasteiger partial charge in [0.05, 0.1) is 77.7 Å². The van der Waals surface area contributed by atoms with Gasteiger partial charge in [-0.15, -0.1) is 0 Å². The molecule has 15 N–H and O–H groups in total. The molecule has 0 aliphatic heterocycles. The maximum atomic E-state index is 14.1. The summed E-state index contributed by atoms with van der Waals surface area (Å²) in [5.41, 5.74) is 5.61. The van der Waals surface area contributed by atoms with Crippen molar-refractivity contribution in [3.8, 4) is 0 Å². The average molecular weight is 1380 g/mol. The minimum Gasteiger partial charge on any atom is -0.394 e. The number of hydrogen-bond donors (Lipinski definition) is 14. The molecule has 0 aromatic rings. The van der Waals surface area contributed by atoms with E-state index in [-0.39, 0.29) is 95.6 Å². The van der Waals surface area contributed by atoms with Gasteiger partial charge in [0.25, 0.3) is 0 Å². The van der Waals surface area contributed by atoms with Gasteiger partial charge in [0.1, 0.15) is 0 Å². The van der Waals surface area contributed by atoms with Crippen LogP contribution < -0.4 is 69.5 Å². The summed E-state index contributed by atoms with van der Waals surface area (Å²) in [7, 11) is 0. The molecule has 11 rings (SSSR count). The molecule has 11 saturated carbocycles. The smallest absolute Gasteiger partial charge is 0.225 e. The van der Waals surface area contributed by atoms with Crippen LogP contribution in [0, 0.1) is 65.1 Å². The van der Waals surface area contributed by atoms with Gasteiger partial charge >= 0.3 is 0 Å². The van der Waals surface area contributed by atoms with Crippen molar-refractivity contribution in [3.05, 3.63) is 0 Å². The zero-order chi connectivity index (χ0) is 70.0. The van der Waals surface area contributed by atoms with Crippen molar-refractivity contribution in [1.29, 1.82) is 0 Å². The molecule has 0 heterocycles. The van der Waals surface area contributed by atoms with Crippen LogP contribution in [-0.2, 0) is 62.3 Å². The van der Waals surface area contributed by atoms with E-state index in [1.54, 1.807) is 0 Å². The second kappa shape index (κ2) is 33.7. The van der Waals surface area contributed by atoms with E-state index in [4.69, 9.17) is 5.73 Å². The van der Waals surface area contributed by atoms with Crippen molar-refractivity contribution in [3.63, 3.8) is 0 Å². The van der Waals surface area contributed by atoms with Crippen LogP contribution in [0.3, 0.4) is 0 Å². The molecule has 27 nitrogen and oxygen atoms in total. The van der Waals surface area contributed by atoms with Gasteiger partial charge in [0.15, 0.2) is 0 Å². The number of nitrogens with one attached hydrogen (secondary N) is 12. The Bertz CT molecular complexity index is 3010. The zero-order valence-corrected chi connectivity index (χ0v) is 57.9. The average Bonchev–Trinajstić information content (AvgIpc) is 1.72. The van der Waals surface area contributed by atoms with Crippen LogP contribution in [0.4, 0.5) is 0 Å². The van der Waals surface area contributed by atoms with Gasteiger partial charge in [-0.2, -0.15) is 0 Å². The zero-order valence-electron chi connectivity index (χ0n) is 57.9. The SMILES string of the molecule is CC(=O)N[C@H]1CCC[C@@H]1C(=O)N[C@H]1CCC[C@@H]1C(=O)N[C@H]1CCC[C@@H]1C(=O)N[C@H]1CCC[C@@H]1C(=O)N[C@H]1CCC[C@@H]1C(=O)N[C@@H](CO)CC(=O)N[C@H]1CCC[C@@H]1C(=O)N[C@H]1CCC[C@@H]1C(=O)N[C@H]1CCC[C@@H]1C(=O)N[C@H]1CCC[C@@H]1C(=O)N[C@H]1CCC[C@@H]1C(=O)N[C@H]1CCC[C@@H]1C(N)=O. The highest BCUT2D eigenvalue weighted by Crippen LogP contribution is 2.38. The van der Waals surface area contributed by atoms with Crippen LogP contribution in [0.2, 0.25) is 0 Å². The second-order valence-electron chi connectivity index (χ2n) is 31.4. The van der Waals surface area contributed by atoms with E-state index in [0.717, 1.165) is 51.4 Å². The lowest BCUT2D eigenvalue weighted by atomic mass is 9.95.